The summed E-state index contributed by atoms with van der Waals surface area (Å²) >= 11 is 3.09. The van der Waals surface area contributed by atoms with E-state index in [9.17, 15) is 4.79 Å². The maximum atomic E-state index is 10.7. The lowest BCUT2D eigenvalue weighted by Crippen LogP contribution is -2.17. The summed E-state index contributed by atoms with van der Waals surface area (Å²) in [5.74, 6) is -1.06. The Morgan fingerprint density at radius 2 is 2.36 bits per heavy atom. The molecule has 0 aliphatic rings. The van der Waals surface area contributed by atoms with Crippen molar-refractivity contribution in [3.63, 3.8) is 0 Å². The molecule has 14 heavy (non-hydrogen) atoms. The van der Waals surface area contributed by atoms with Crippen LogP contribution in [0, 0.1) is 0 Å². The fraction of sp³-hybridized carbons (Fsp3) is 0.250. The van der Waals surface area contributed by atoms with E-state index in [-0.39, 0.29) is 12.2 Å². The maximum Gasteiger partial charge on any atom is 0.336 e. The summed E-state index contributed by atoms with van der Waals surface area (Å²) in [6.07, 6.45) is 1.35. The molecule has 0 aliphatic carbocycles. The number of carbonyl (C=O) groups is 1. The van der Waals surface area contributed by atoms with Crippen molar-refractivity contribution >= 4 is 21.9 Å². The molecule has 1 atom stereocenters. The minimum absolute atomic E-state index is 0.0823. The van der Waals surface area contributed by atoms with Crippen LogP contribution < -0.4 is 5.73 Å². The molecule has 0 amide bonds. The van der Waals surface area contributed by atoms with Gasteiger partial charge in [0.2, 0.25) is 0 Å². The molecular weight excluding hydrogens is 252 g/mol. The van der Waals surface area contributed by atoms with Crippen molar-refractivity contribution < 1.29 is 15.0 Å². The van der Waals surface area contributed by atoms with Gasteiger partial charge in [0.05, 0.1) is 28.4 Å². The number of aromatic carboxylic acids is 1. The zero-order chi connectivity index (χ0) is 10.7. The standard InChI is InChI=1S/C8H9BrN2O3/c9-6-4(8(13)14)1-2-11-7(6)5(10)3-12/h1-2,5,12H,3,10H2,(H,13,14)/t5-/m1/s1. The summed E-state index contributed by atoms with van der Waals surface area (Å²) in [4.78, 5) is 14.6. The molecular formula is C8H9BrN2O3. The van der Waals surface area contributed by atoms with Crippen LogP contribution in [0.4, 0.5) is 0 Å². The summed E-state index contributed by atoms with van der Waals surface area (Å²) in [5, 5.41) is 17.6. The van der Waals surface area contributed by atoms with Crippen molar-refractivity contribution in [3.8, 4) is 0 Å². The van der Waals surface area contributed by atoms with Gasteiger partial charge in [0, 0.05) is 6.20 Å². The van der Waals surface area contributed by atoms with Crippen molar-refractivity contribution in [1.82, 2.24) is 4.98 Å². The molecule has 0 radical (unpaired) electrons. The summed E-state index contributed by atoms with van der Waals surface area (Å²) in [7, 11) is 0. The van der Waals surface area contributed by atoms with E-state index in [4.69, 9.17) is 15.9 Å². The van der Waals surface area contributed by atoms with Crippen LogP contribution in [0.15, 0.2) is 16.7 Å². The Balaban J connectivity index is 3.20. The highest BCUT2D eigenvalue weighted by Crippen LogP contribution is 2.23. The second kappa shape index (κ2) is 4.50. The van der Waals surface area contributed by atoms with Gasteiger partial charge in [-0.3, -0.25) is 4.98 Å². The Kier molecular flexibility index (Phi) is 3.56. The van der Waals surface area contributed by atoms with E-state index < -0.39 is 12.0 Å². The Labute approximate surface area is 88.7 Å². The molecule has 1 heterocycles. The van der Waals surface area contributed by atoms with Crippen molar-refractivity contribution in [2.24, 2.45) is 5.73 Å². The van der Waals surface area contributed by atoms with Crippen molar-refractivity contribution in [1.29, 1.82) is 0 Å². The number of aliphatic hydroxyl groups is 1. The zero-order valence-corrected chi connectivity index (χ0v) is 8.73. The summed E-state index contributed by atoms with van der Waals surface area (Å²) in [5.41, 5.74) is 5.95. The molecule has 1 rings (SSSR count). The SMILES string of the molecule is N[C@H](CO)c1nccc(C(=O)O)c1Br. The highest BCUT2D eigenvalue weighted by molar-refractivity contribution is 9.10. The molecule has 0 bridgehead atoms. The number of nitrogens with zero attached hydrogens (tertiary/aromatic N) is 1. The van der Waals surface area contributed by atoms with Crippen LogP contribution in [0.2, 0.25) is 0 Å². The molecule has 0 aromatic carbocycles. The van der Waals surface area contributed by atoms with Crippen LogP contribution in [-0.2, 0) is 0 Å². The van der Waals surface area contributed by atoms with Gasteiger partial charge in [0.1, 0.15) is 0 Å². The summed E-state index contributed by atoms with van der Waals surface area (Å²) < 4.78 is 0.314. The Bertz CT molecular complexity index is 356. The van der Waals surface area contributed by atoms with Gasteiger partial charge in [0.25, 0.3) is 0 Å². The molecule has 5 nitrogen and oxygen atoms in total. The van der Waals surface area contributed by atoms with Crippen LogP contribution in [-0.4, -0.2) is 27.8 Å². The second-order valence-corrected chi connectivity index (χ2v) is 3.44. The first-order chi connectivity index (χ1) is 6.57. The minimum Gasteiger partial charge on any atom is -0.478 e. The van der Waals surface area contributed by atoms with Crippen LogP contribution in [0.3, 0.4) is 0 Å². The van der Waals surface area contributed by atoms with Gasteiger partial charge in [-0.2, -0.15) is 0 Å². The van der Waals surface area contributed by atoms with Crippen LogP contribution >= 0.6 is 15.9 Å². The molecule has 0 saturated carbocycles. The second-order valence-electron chi connectivity index (χ2n) is 2.65. The van der Waals surface area contributed by atoms with E-state index in [2.05, 4.69) is 20.9 Å². The molecule has 1 aromatic rings. The highest BCUT2D eigenvalue weighted by atomic mass is 79.9. The van der Waals surface area contributed by atoms with E-state index in [1.165, 1.54) is 12.3 Å². The monoisotopic (exact) mass is 260 g/mol. The van der Waals surface area contributed by atoms with E-state index >= 15 is 0 Å². The largest absolute Gasteiger partial charge is 0.478 e. The van der Waals surface area contributed by atoms with E-state index in [0.717, 1.165) is 0 Å². The van der Waals surface area contributed by atoms with Crippen LogP contribution in [0.5, 0.6) is 0 Å². The minimum atomic E-state index is -1.06. The highest BCUT2D eigenvalue weighted by Gasteiger charge is 2.16. The number of aliphatic hydroxyl groups excluding tert-OH is 1. The average Bonchev–Trinajstić information content (AvgIpc) is 2.16. The molecule has 6 heteroatoms. The van der Waals surface area contributed by atoms with Crippen molar-refractivity contribution in [3.05, 3.63) is 28.0 Å². The first-order valence-corrected chi connectivity index (χ1v) is 4.61. The fourth-order valence-corrected chi connectivity index (χ4v) is 1.67. The predicted octanol–water partition coefficient (Wildman–Crippen LogP) is 0.534. The number of hydrogen-bond donors (Lipinski definition) is 3. The third kappa shape index (κ3) is 2.09. The molecule has 0 saturated heterocycles. The number of aromatic nitrogens is 1. The Morgan fingerprint density at radius 3 is 2.86 bits per heavy atom. The summed E-state index contributed by atoms with van der Waals surface area (Å²) in [6, 6.07) is 0.684. The Morgan fingerprint density at radius 1 is 1.71 bits per heavy atom. The van der Waals surface area contributed by atoms with Crippen molar-refractivity contribution in [2.75, 3.05) is 6.61 Å². The lowest BCUT2D eigenvalue weighted by Gasteiger charge is -2.10. The molecule has 76 valence electrons. The van der Waals surface area contributed by atoms with Gasteiger partial charge >= 0.3 is 5.97 Å². The van der Waals surface area contributed by atoms with Crippen molar-refractivity contribution in [2.45, 2.75) is 6.04 Å². The van der Waals surface area contributed by atoms with Crippen LogP contribution in [0.1, 0.15) is 22.1 Å². The van der Waals surface area contributed by atoms with E-state index in [1.54, 1.807) is 0 Å². The quantitative estimate of drug-likeness (QED) is 0.737. The van der Waals surface area contributed by atoms with E-state index in [0.29, 0.717) is 10.2 Å². The molecule has 1 aromatic heterocycles. The number of rotatable bonds is 3. The van der Waals surface area contributed by atoms with Gasteiger partial charge in [-0.05, 0) is 22.0 Å². The lowest BCUT2D eigenvalue weighted by atomic mass is 10.1. The topological polar surface area (TPSA) is 96.4 Å². The lowest BCUT2D eigenvalue weighted by molar-refractivity contribution is 0.0695. The number of halogens is 1. The first-order valence-electron chi connectivity index (χ1n) is 3.82. The summed E-state index contributed by atoms with van der Waals surface area (Å²) in [6.45, 7) is -0.283. The predicted molar refractivity (Wildman–Crippen MR) is 52.9 cm³/mol. The average molecular weight is 261 g/mol. The maximum absolute atomic E-state index is 10.7. The van der Waals surface area contributed by atoms with Crippen LogP contribution in [0.25, 0.3) is 0 Å². The number of pyridine rings is 1. The van der Waals surface area contributed by atoms with Gasteiger partial charge in [-0.25, -0.2) is 4.79 Å². The fourth-order valence-electron chi connectivity index (χ4n) is 0.970. The Hall–Kier alpha value is -0.980. The molecule has 0 unspecified atom stereocenters. The molecule has 0 spiro atoms. The normalized spacial score (nSPS) is 12.5. The van der Waals surface area contributed by atoms with Gasteiger partial charge in [-0.15, -0.1) is 0 Å². The third-order valence-electron chi connectivity index (χ3n) is 1.69. The smallest absolute Gasteiger partial charge is 0.336 e. The number of carboxylic acid groups (broad SMARTS) is 1. The number of hydrogen-bond acceptors (Lipinski definition) is 4. The number of carboxylic acids is 1. The first kappa shape index (κ1) is 11.1. The molecule has 0 fully saturated rings. The number of nitrogens with two attached hydrogens (primary N) is 1. The van der Waals surface area contributed by atoms with Gasteiger partial charge in [0.15, 0.2) is 0 Å². The molecule has 4 N–H and O–H groups in total. The van der Waals surface area contributed by atoms with Gasteiger partial charge < -0.3 is 15.9 Å². The van der Waals surface area contributed by atoms with E-state index in [1.807, 2.05) is 0 Å². The van der Waals surface area contributed by atoms with Gasteiger partial charge in [-0.1, -0.05) is 0 Å². The molecule has 0 aliphatic heterocycles. The third-order valence-corrected chi connectivity index (χ3v) is 2.53. The zero-order valence-electron chi connectivity index (χ0n) is 7.14.